The number of fused-ring (bicyclic) bond motifs is 5. The highest BCUT2D eigenvalue weighted by atomic mass is 35.5. The third-order valence-corrected chi connectivity index (χ3v) is 10.6. The molecule has 3 aliphatic carbocycles. The van der Waals surface area contributed by atoms with Gasteiger partial charge in [0, 0.05) is 16.9 Å². The van der Waals surface area contributed by atoms with Gasteiger partial charge in [0.2, 0.25) is 6.29 Å². The van der Waals surface area contributed by atoms with Crippen molar-refractivity contribution in [3.63, 3.8) is 0 Å². The zero-order valence-corrected chi connectivity index (χ0v) is 27.3. The Hall–Kier alpha value is -2.61. The quantitative estimate of drug-likeness (QED) is 0.193. The van der Waals surface area contributed by atoms with E-state index in [2.05, 4.69) is 19.1 Å². The first-order valence-corrected chi connectivity index (χ1v) is 16.6. The van der Waals surface area contributed by atoms with Crippen molar-refractivity contribution in [3.8, 4) is 0 Å². The number of ether oxygens (including phenoxy) is 4. The van der Waals surface area contributed by atoms with Crippen LogP contribution in [0.4, 0.5) is 0 Å². The molecule has 44 heavy (non-hydrogen) atoms. The molecule has 3 unspecified atom stereocenters. The topological polar surface area (TPSA) is 91.3 Å². The first-order chi connectivity index (χ1) is 21.1. The fourth-order valence-electron chi connectivity index (χ4n) is 8.03. The minimum absolute atomic E-state index is 0.0162. The maximum Gasteiger partial charge on any atom is 0.306 e. The van der Waals surface area contributed by atoms with Gasteiger partial charge in [-0.05, 0) is 98.0 Å². The molecule has 8 heteroatoms. The van der Waals surface area contributed by atoms with E-state index in [1.54, 1.807) is 6.92 Å². The molecule has 1 heterocycles. The van der Waals surface area contributed by atoms with Crippen molar-refractivity contribution in [1.82, 2.24) is 0 Å². The van der Waals surface area contributed by atoms with Crippen LogP contribution in [0.25, 0.3) is 5.57 Å². The number of methoxy groups -OCH3 is 2. The number of esters is 1. The lowest BCUT2D eigenvalue weighted by Gasteiger charge is -2.38. The van der Waals surface area contributed by atoms with E-state index in [1.807, 2.05) is 31.2 Å². The summed E-state index contributed by atoms with van der Waals surface area (Å²) in [6.45, 7) is 5.82. The molecular formula is C36H47ClO7. The van der Waals surface area contributed by atoms with Crippen LogP contribution < -0.4 is 0 Å². The van der Waals surface area contributed by atoms with Crippen molar-refractivity contribution < 1.29 is 33.6 Å². The number of halogens is 1. The van der Waals surface area contributed by atoms with Gasteiger partial charge in [-0.3, -0.25) is 9.59 Å². The number of Topliss-reactive ketones (excluding diaryl/α,β-unsaturated/α-hetero) is 1. The Morgan fingerprint density at radius 2 is 1.70 bits per heavy atom. The average Bonchev–Trinajstić information content (AvgIpc) is 3.59. The second kappa shape index (κ2) is 14.2. The number of cyclic esters (lactones) is 1. The van der Waals surface area contributed by atoms with Gasteiger partial charge in [0.1, 0.15) is 11.9 Å². The predicted octanol–water partition coefficient (Wildman–Crippen LogP) is 7.27. The van der Waals surface area contributed by atoms with Gasteiger partial charge in [-0.25, -0.2) is 0 Å². The van der Waals surface area contributed by atoms with Gasteiger partial charge in [0.25, 0.3) is 0 Å². The highest BCUT2D eigenvalue weighted by Crippen LogP contribution is 2.58. The first kappa shape index (κ1) is 32.8. The summed E-state index contributed by atoms with van der Waals surface area (Å²) in [6, 6.07) is 7.88. The Labute approximate surface area is 266 Å². The molecule has 1 aromatic rings. The lowest BCUT2D eigenvalue weighted by atomic mass is 9.66. The Kier molecular flexibility index (Phi) is 10.6. The van der Waals surface area contributed by atoms with E-state index in [9.17, 15) is 14.7 Å². The zero-order valence-electron chi connectivity index (χ0n) is 26.6. The Balaban J connectivity index is 1.51. The van der Waals surface area contributed by atoms with Gasteiger partial charge in [-0.1, -0.05) is 56.2 Å². The van der Waals surface area contributed by atoms with E-state index < -0.39 is 6.29 Å². The van der Waals surface area contributed by atoms with Gasteiger partial charge in [-0.15, -0.1) is 0 Å². The van der Waals surface area contributed by atoms with Crippen LogP contribution in [0.1, 0.15) is 77.7 Å². The molecule has 0 radical (unpaired) electrons. The van der Waals surface area contributed by atoms with Crippen LogP contribution in [-0.4, -0.2) is 49.6 Å². The summed E-state index contributed by atoms with van der Waals surface area (Å²) in [7, 11) is 3.02. The maximum absolute atomic E-state index is 14.0. The fraction of sp³-hybridized carbons (Fsp3) is 0.611. The molecule has 1 N–H and O–H groups in total. The average molecular weight is 627 g/mol. The van der Waals surface area contributed by atoms with E-state index in [0.29, 0.717) is 23.6 Å². The molecule has 240 valence electrons. The minimum Gasteiger partial charge on any atom is -0.498 e. The SMILES string of the molecule is CC[C@H]1CCCC[C@@H](C)C(=O)C2=CC3C(C=C(c4ccc(Cl)cc4)C4C[C@@H](O[C@H](O)/C(OC)=C(/C)OC)C[C@H]43)[C@@H]2CC(=O)O1. The summed E-state index contributed by atoms with van der Waals surface area (Å²) in [6.07, 6.45) is 8.89. The predicted molar refractivity (Wildman–Crippen MR) is 169 cm³/mol. The van der Waals surface area contributed by atoms with Gasteiger partial charge >= 0.3 is 5.97 Å². The molecular weight excluding hydrogens is 580 g/mol. The number of allylic oxidation sites excluding steroid dienone is 5. The third-order valence-electron chi connectivity index (χ3n) is 10.4. The second-order valence-corrected chi connectivity index (χ2v) is 13.4. The molecule has 1 aliphatic heterocycles. The Morgan fingerprint density at radius 1 is 1.00 bits per heavy atom. The van der Waals surface area contributed by atoms with E-state index in [4.69, 9.17) is 30.5 Å². The van der Waals surface area contributed by atoms with E-state index >= 15 is 0 Å². The summed E-state index contributed by atoms with van der Waals surface area (Å²) in [5.74, 6) is 0.701. The van der Waals surface area contributed by atoms with Crippen LogP contribution in [0.5, 0.6) is 0 Å². The standard InChI is InChI=1S/C36H47ClO7/c1-6-24-10-8-7-9-20(2)34(39)32-18-30-28-16-25(44-36(40)35(42-5)21(3)41-4)15-27(28)26(22-11-13-23(37)14-12-22)17-29(30)31(32)19-33(38)43-24/h11-14,17-18,20,24-25,27-31,36,40H,6-10,15-16,19H2,1-5H3/b35-21+/t20-,24+,25-,27?,28-,29?,30?,31+,36+/m1/s1. The van der Waals surface area contributed by atoms with E-state index in [0.717, 1.165) is 43.2 Å². The molecule has 0 bridgehead atoms. The molecule has 0 amide bonds. The number of hydrogen-bond donors (Lipinski definition) is 1. The van der Waals surface area contributed by atoms with Crippen molar-refractivity contribution in [2.75, 3.05) is 14.2 Å². The molecule has 4 aliphatic rings. The van der Waals surface area contributed by atoms with Crippen molar-refractivity contribution in [2.24, 2.45) is 35.5 Å². The molecule has 1 saturated carbocycles. The maximum atomic E-state index is 14.0. The van der Waals surface area contributed by atoms with Crippen molar-refractivity contribution in [1.29, 1.82) is 0 Å². The van der Waals surface area contributed by atoms with Crippen LogP contribution >= 0.6 is 11.6 Å². The summed E-state index contributed by atoms with van der Waals surface area (Å²) < 4.78 is 22.9. The molecule has 5 rings (SSSR count). The van der Waals surface area contributed by atoms with Crippen molar-refractivity contribution in [2.45, 2.75) is 90.6 Å². The second-order valence-electron chi connectivity index (χ2n) is 13.0. The Morgan fingerprint density at radius 3 is 2.39 bits per heavy atom. The number of ketones is 1. The van der Waals surface area contributed by atoms with Crippen molar-refractivity contribution in [3.05, 3.63) is 64.1 Å². The molecule has 0 aromatic heterocycles. The zero-order chi connectivity index (χ0) is 31.5. The van der Waals surface area contributed by atoms with Gasteiger partial charge in [-0.2, -0.15) is 0 Å². The number of benzene rings is 1. The Bertz CT molecular complexity index is 1300. The number of carbonyl (C=O) groups is 2. The molecule has 1 aromatic carbocycles. The van der Waals surface area contributed by atoms with E-state index in [1.165, 1.54) is 19.8 Å². The summed E-state index contributed by atoms with van der Waals surface area (Å²) >= 11 is 6.27. The molecule has 7 nitrogen and oxygen atoms in total. The lowest BCUT2D eigenvalue weighted by molar-refractivity contribution is -0.151. The summed E-state index contributed by atoms with van der Waals surface area (Å²) in [5, 5.41) is 11.6. The number of rotatable bonds is 7. The molecule has 9 atom stereocenters. The monoisotopic (exact) mass is 626 g/mol. The molecule has 1 saturated heterocycles. The van der Waals surface area contributed by atoms with Crippen molar-refractivity contribution >= 4 is 28.9 Å². The lowest BCUT2D eigenvalue weighted by Crippen LogP contribution is -2.32. The number of aliphatic hydroxyl groups is 1. The van der Waals surface area contributed by atoms with Crippen LogP contribution in [0.15, 0.2) is 53.5 Å². The number of carbonyl (C=O) groups excluding carboxylic acids is 2. The van der Waals surface area contributed by atoms with Crippen LogP contribution in [0, 0.1) is 35.5 Å². The largest absolute Gasteiger partial charge is 0.498 e. The highest BCUT2D eigenvalue weighted by Gasteiger charge is 2.52. The van der Waals surface area contributed by atoms with Crippen LogP contribution in [0.2, 0.25) is 5.02 Å². The van der Waals surface area contributed by atoms with Crippen LogP contribution in [0.3, 0.4) is 0 Å². The third kappa shape index (κ3) is 6.80. The molecule has 0 spiro atoms. The number of aliphatic hydroxyl groups excluding tert-OH is 1. The van der Waals surface area contributed by atoms with Gasteiger partial charge in [0.15, 0.2) is 11.5 Å². The smallest absolute Gasteiger partial charge is 0.306 e. The van der Waals surface area contributed by atoms with Gasteiger partial charge < -0.3 is 24.1 Å². The van der Waals surface area contributed by atoms with Gasteiger partial charge in [0.05, 0.1) is 26.7 Å². The number of hydrogen-bond acceptors (Lipinski definition) is 7. The minimum atomic E-state index is -1.26. The normalized spacial score (nSPS) is 33.7. The highest BCUT2D eigenvalue weighted by molar-refractivity contribution is 6.30. The molecule has 2 fully saturated rings. The van der Waals surface area contributed by atoms with Crippen LogP contribution in [-0.2, 0) is 28.5 Å². The summed E-state index contributed by atoms with van der Waals surface area (Å²) in [4.78, 5) is 27.3. The van der Waals surface area contributed by atoms with E-state index in [-0.39, 0.29) is 71.6 Å². The fourth-order valence-corrected chi connectivity index (χ4v) is 8.15. The first-order valence-electron chi connectivity index (χ1n) is 16.2. The summed E-state index contributed by atoms with van der Waals surface area (Å²) in [5.41, 5.74) is 3.05.